The van der Waals surface area contributed by atoms with Gasteiger partial charge >= 0.3 is 0 Å². The molecule has 0 amide bonds. The first-order chi connectivity index (χ1) is 13.1. The summed E-state index contributed by atoms with van der Waals surface area (Å²) < 4.78 is 10.9. The van der Waals surface area contributed by atoms with Crippen molar-refractivity contribution in [2.75, 3.05) is 33.9 Å². The van der Waals surface area contributed by atoms with Crippen molar-refractivity contribution in [1.29, 1.82) is 0 Å². The third-order valence-electron chi connectivity index (χ3n) is 4.12. The molecule has 0 fully saturated rings. The summed E-state index contributed by atoms with van der Waals surface area (Å²) in [5, 5.41) is 6.68. The second kappa shape index (κ2) is 11.2. The van der Waals surface area contributed by atoms with E-state index in [1.807, 2.05) is 25.3 Å². The molecule has 2 N–H and O–H groups in total. The summed E-state index contributed by atoms with van der Waals surface area (Å²) in [7, 11) is 3.44. The predicted octanol–water partition coefficient (Wildman–Crippen LogP) is 2.63. The van der Waals surface area contributed by atoms with E-state index in [9.17, 15) is 0 Å². The highest BCUT2D eigenvalue weighted by Gasteiger charge is 2.06. The maximum atomic E-state index is 5.84. The molecule has 0 saturated heterocycles. The summed E-state index contributed by atoms with van der Waals surface area (Å²) in [5.74, 6) is 1.64. The number of rotatable bonds is 9. The largest absolute Gasteiger partial charge is 0.491 e. The predicted molar refractivity (Wildman–Crippen MR) is 109 cm³/mol. The van der Waals surface area contributed by atoms with Crippen LogP contribution in [0.2, 0.25) is 0 Å². The van der Waals surface area contributed by atoms with Crippen LogP contribution in [0.15, 0.2) is 41.5 Å². The molecule has 146 valence electrons. The van der Waals surface area contributed by atoms with Crippen LogP contribution in [0.25, 0.3) is 0 Å². The van der Waals surface area contributed by atoms with E-state index < -0.39 is 0 Å². The van der Waals surface area contributed by atoms with Crippen molar-refractivity contribution in [2.24, 2.45) is 4.99 Å². The van der Waals surface area contributed by atoms with Crippen molar-refractivity contribution in [3.63, 3.8) is 0 Å². The van der Waals surface area contributed by atoms with Crippen LogP contribution >= 0.6 is 0 Å². The van der Waals surface area contributed by atoms with Gasteiger partial charge in [0.15, 0.2) is 5.96 Å². The summed E-state index contributed by atoms with van der Waals surface area (Å²) in [6.07, 6.45) is 2.81. The number of benzene rings is 1. The zero-order chi connectivity index (χ0) is 19.5. The first kappa shape index (κ1) is 20.7. The van der Waals surface area contributed by atoms with Crippen LogP contribution in [0.1, 0.15) is 22.4 Å². The SMILES string of the molecule is CN=C(NCCc1ccc(C)nc1)NCc1ccc(C)cc1OCCOC. The van der Waals surface area contributed by atoms with Gasteiger partial charge in [-0.2, -0.15) is 0 Å². The number of nitrogens with zero attached hydrogens (tertiary/aromatic N) is 2. The van der Waals surface area contributed by atoms with Gasteiger partial charge in [0, 0.05) is 44.7 Å². The van der Waals surface area contributed by atoms with Crippen molar-refractivity contribution < 1.29 is 9.47 Å². The van der Waals surface area contributed by atoms with Gasteiger partial charge in [-0.1, -0.05) is 18.2 Å². The van der Waals surface area contributed by atoms with Crippen molar-refractivity contribution >= 4 is 5.96 Å². The molecule has 1 aromatic heterocycles. The van der Waals surface area contributed by atoms with Crippen LogP contribution in [0.5, 0.6) is 5.75 Å². The number of aryl methyl sites for hydroxylation is 2. The highest BCUT2D eigenvalue weighted by atomic mass is 16.5. The van der Waals surface area contributed by atoms with E-state index in [2.05, 4.69) is 45.7 Å². The van der Waals surface area contributed by atoms with Gasteiger partial charge in [0.05, 0.1) is 6.61 Å². The maximum absolute atomic E-state index is 5.84. The molecule has 0 aliphatic rings. The molecule has 27 heavy (non-hydrogen) atoms. The fraction of sp³-hybridized carbons (Fsp3) is 0.429. The van der Waals surface area contributed by atoms with Gasteiger partial charge in [-0.25, -0.2) is 0 Å². The molecule has 0 spiro atoms. The summed E-state index contributed by atoms with van der Waals surface area (Å²) >= 11 is 0. The second-order valence-electron chi connectivity index (χ2n) is 6.36. The first-order valence-electron chi connectivity index (χ1n) is 9.19. The Labute approximate surface area is 162 Å². The van der Waals surface area contributed by atoms with Gasteiger partial charge in [-0.3, -0.25) is 9.98 Å². The lowest BCUT2D eigenvalue weighted by Crippen LogP contribution is -2.38. The molecule has 1 heterocycles. The third kappa shape index (κ3) is 7.27. The van der Waals surface area contributed by atoms with Gasteiger partial charge in [0.2, 0.25) is 0 Å². The van der Waals surface area contributed by atoms with Crippen LogP contribution in [0.3, 0.4) is 0 Å². The van der Waals surface area contributed by atoms with Crippen molar-refractivity contribution in [1.82, 2.24) is 15.6 Å². The van der Waals surface area contributed by atoms with Crippen molar-refractivity contribution in [2.45, 2.75) is 26.8 Å². The highest BCUT2D eigenvalue weighted by Crippen LogP contribution is 2.20. The minimum atomic E-state index is 0.532. The standard InChI is InChI=1S/C21H30N4O2/c1-16-5-8-19(20(13-16)27-12-11-26-4)15-25-21(22-3)23-10-9-18-7-6-17(2)24-14-18/h5-8,13-14H,9-12,15H2,1-4H3,(H2,22,23,25). The summed E-state index contributed by atoms with van der Waals surface area (Å²) in [5.41, 5.74) is 4.49. The minimum absolute atomic E-state index is 0.532. The van der Waals surface area contributed by atoms with Crippen LogP contribution in [-0.2, 0) is 17.7 Å². The Morgan fingerprint density at radius 2 is 1.96 bits per heavy atom. The molecule has 2 rings (SSSR count). The zero-order valence-corrected chi connectivity index (χ0v) is 16.7. The number of ether oxygens (including phenoxy) is 2. The van der Waals surface area contributed by atoms with Gasteiger partial charge in [0.25, 0.3) is 0 Å². The van der Waals surface area contributed by atoms with E-state index in [0.29, 0.717) is 19.8 Å². The lowest BCUT2D eigenvalue weighted by Gasteiger charge is -2.15. The number of aromatic nitrogens is 1. The topological polar surface area (TPSA) is 67.8 Å². The van der Waals surface area contributed by atoms with Crippen molar-refractivity contribution in [3.05, 3.63) is 58.9 Å². The molecular weight excluding hydrogens is 340 g/mol. The summed E-state index contributed by atoms with van der Waals surface area (Å²) in [6.45, 7) is 6.57. The minimum Gasteiger partial charge on any atom is -0.491 e. The lowest BCUT2D eigenvalue weighted by atomic mass is 10.1. The highest BCUT2D eigenvalue weighted by molar-refractivity contribution is 5.79. The molecule has 6 heteroatoms. The smallest absolute Gasteiger partial charge is 0.191 e. The van der Waals surface area contributed by atoms with Crippen LogP contribution < -0.4 is 15.4 Å². The molecule has 2 aromatic rings. The number of guanidine groups is 1. The fourth-order valence-electron chi connectivity index (χ4n) is 2.55. The lowest BCUT2D eigenvalue weighted by molar-refractivity contribution is 0.145. The van der Waals surface area contributed by atoms with E-state index in [4.69, 9.17) is 9.47 Å². The molecular formula is C21H30N4O2. The molecule has 0 bridgehead atoms. The Hall–Kier alpha value is -2.60. The fourth-order valence-corrected chi connectivity index (χ4v) is 2.55. The van der Waals surface area contributed by atoms with Crippen LogP contribution in [0, 0.1) is 13.8 Å². The first-order valence-corrected chi connectivity index (χ1v) is 9.19. The molecule has 0 radical (unpaired) electrons. The van der Waals surface area contributed by atoms with Crippen molar-refractivity contribution in [3.8, 4) is 5.75 Å². The summed E-state index contributed by atoms with van der Waals surface area (Å²) in [6, 6.07) is 10.4. The van der Waals surface area contributed by atoms with Gasteiger partial charge in [-0.15, -0.1) is 0 Å². The number of pyridine rings is 1. The summed E-state index contributed by atoms with van der Waals surface area (Å²) in [4.78, 5) is 8.61. The average Bonchev–Trinajstić information content (AvgIpc) is 2.67. The number of methoxy groups -OCH3 is 1. The monoisotopic (exact) mass is 370 g/mol. The molecule has 0 aliphatic carbocycles. The van der Waals surface area contributed by atoms with E-state index in [-0.39, 0.29) is 0 Å². The molecule has 0 aliphatic heterocycles. The number of hydrogen-bond donors (Lipinski definition) is 2. The van der Waals surface area contributed by atoms with Gasteiger partial charge in [-0.05, 0) is 43.5 Å². The average molecular weight is 370 g/mol. The number of nitrogens with one attached hydrogen (secondary N) is 2. The van der Waals surface area contributed by atoms with Crippen LogP contribution in [-0.4, -0.2) is 44.9 Å². The Balaban J connectivity index is 1.85. The van der Waals surface area contributed by atoms with Gasteiger partial charge in [0.1, 0.15) is 12.4 Å². The molecule has 1 aromatic carbocycles. The second-order valence-corrected chi connectivity index (χ2v) is 6.36. The zero-order valence-electron chi connectivity index (χ0n) is 16.7. The van der Waals surface area contributed by atoms with E-state index in [1.54, 1.807) is 14.2 Å². The Morgan fingerprint density at radius 1 is 1.11 bits per heavy atom. The Kier molecular flexibility index (Phi) is 8.58. The molecule has 0 unspecified atom stereocenters. The maximum Gasteiger partial charge on any atom is 0.191 e. The van der Waals surface area contributed by atoms with E-state index in [1.165, 1.54) is 11.1 Å². The molecule has 0 atom stereocenters. The normalized spacial score (nSPS) is 11.3. The van der Waals surface area contributed by atoms with Gasteiger partial charge < -0.3 is 20.1 Å². The number of hydrogen-bond acceptors (Lipinski definition) is 4. The van der Waals surface area contributed by atoms with E-state index >= 15 is 0 Å². The Morgan fingerprint density at radius 3 is 2.67 bits per heavy atom. The molecule has 6 nitrogen and oxygen atoms in total. The third-order valence-corrected chi connectivity index (χ3v) is 4.12. The molecule has 0 saturated carbocycles. The quantitative estimate of drug-likeness (QED) is 0.403. The Bertz CT molecular complexity index is 729. The van der Waals surface area contributed by atoms with E-state index in [0.717, 1.165) is 35.9 Å². The number of aliphatic imine (C=N–C) groups is 1. The van der Waals surface area contributed by atoms with Crippen LogP contribution in [0.4, 0.5) is 0 Å².